The van der Waals surface area contributed by atoms with Crippen molar-refractivity contribution in [1.29, 1.82) is 0 Å². The van der Waals surface area contributed by atoms with E-state index in [0.29, 0.717) is 0 Å². The summed E-state index contributed by atoms with van der Waals surface area (Å²) in [5, 5.41) is 8.41. The number of amides is 2. The van der Waals surface area contributed by atoms with E-state index in [1.54, 1.807) is 6.92 Å². The van der Waals surface area contributed by atoms with Crippen LogP contribution in [0.1, 0.15) is 20.8 Å². The second-order valence-electron chi connectivity index (χ2n) is 4.68. The molecule has 19 heavy (non-hydrogen) atoms. The molecule has 0 bridgehead atoms. The van der Waals surface area contributed by atoms with Crippen LogP contribution in [0.15, 0.2) is 30.3 Å². The zero-order valence-electron chi connectivity index (χ0n) is 11.6. The van der Waals surface area contributed by atoms with Gasteiger partial charge in [0.15, 0.2) is 0 Å². The third-order valence-electron chi connectivity index (χ3n) is 2.45. The number of carbonyl (C=O) groups excluding carboxylic acids is 2. The lowest BCUT2D eigenvalue weighted by Gasteiger charge is -2.15. The van der Waals surface area contributed by atoms with Gasteiger partial charge >= 0.3 is 0 Å². The highest BCUT2D eigenvalue weighted by Gasteiger charge is 2.14. The van der Waals surface area contributed by atoms with E-state index in [9.17, 15) is 9.59 Å². The van der Waals surface area contributed by atoms with Crippen molar-refractivity contribution >= 4 is 17.5 Å². The van der Waals surface area contributed by atoms with Crippen LogP contribution in [0.25, 0.3) is 0 Å². The van der Waals surface area contributed by atoms with E-state index in [-0.39, 0.29) is 24.4 Å². The maximum absolute atomic E-state index is 11.7. The van der Waals surface area contributed by atoms with Crippen molar-refractivity contribution in [2.45, 2.75) is 32.9 Å². The van der Waals surface area contributed by atoms with Crippen molar-refractivity contribution in [2.24, 2.45) is 0 Å². The Labute approximate surface area is 113 Å². The monoisotopic (exact) mass is 263 g/mol. The molecule has 2 amide bonds. The van der Waals surface area contributed by atoms with Crippen LogP contribution in [0.2, 0.25) is 0 Å². The van der Waals surface area contributed by atoms with E-state index in [1.807, 2.05) is 44.2 Å². The lowest BCUT2D eigenvalue weighted by atomic mass is 10.2. The highest BCUT2D eigenvalue weighted by atomic mass is 16.2. The van der Waals surface area contributed by atoms with Gasteiger partial charge in [0.1, 0.15) is 0 Å². The molecule has 104 valence electrons. The van der Waals surface area contributed by atoms with E-state index in [4.69, 9.17) is 0 Å². The molecule has 1 atom stereocenters. The third kappa shape index (κ3) is 6.01. The second-order valence-corrected chi connectivity index (χ2v) is 4.68. The van der Waals surface area contributed by atoms with Crippen LogP contribution in [-0.4, -0.2) is 30.4 Å². The first kappa shape index (κ1) is 15.2. The highest BCUT2D eigenvalue weighted by molar-refractivity contribution is 5.92. The van der Waals surface area contributed by atoms with E-state index in [2.05, 4.69) is 16.0 Å². The van der Waals surface area contributed by atoms with Gasteiger partial charge in [0.2, 0.25) is 11.8 Å². The Morgan fingerprint density at radius 3 is 2.32 bits per heavy atom. The van der Waals surface area contributed by atoms with Gasteiger partial charge in [-0.25, -0.2) is 0 Å². The lowest BCUT2D eigenvalue weighted by molar-refractivity contribution is -0.123. The summed E-state index contributed by atoms with van der Waals surface area (Å²) in [4.78, 5) is 23.3. The average Bonchev–Trinajstić information content (AvgIpc) is 2.36. The SMILES string of the molecule is CC(C)NC(=O)C(C)NCC(=O)Nc1ccccc1. The Hall–Kier alpha value is -1.88. The molecule has 0 saturated carbocycles. The summed E-state index contributed by atoms with van der Waals surface area (Å²) in [6.07, 6.45) is 0. The van der Waals surface area contributed by atoms with E-state index >= 15 is 0 Å². The molecule has 0 spiro atoms. The van der Waals surface area contributed by atoms with E-state index < -0.39 is 6.04 Å². The molecule has 1 rings (SSSR count). The van der Waals surface area contributed by atoms with Crippen LogP contribution in [0.4, 0.5) is 5.69 Å². The number of hydrogen-bond donors (Lipinski definition) is 3. The molecular formula is C14H21N3O2. The Morgan fingerprint density at radius 2 is 1.74 bits per heavy atom. The van der Waals surface area contributed by atoms with Crippen molar-refractivity contribution in [1.82, 2.24) is 10.6 Å². The number of para-hydroxylation sites is 1. The Balaban J connectivity index is 2.32. The van der Waals surface area contributed by atoms with Gasteiger partial charge in [-0.2, -0.15) is 0 Å². The minimum atomic E-state index is -0.399. The van der Waals surface area contributed by atoms with Crippen molar-refractivity contribution in [2.75, 3.05) is 11.9 Å². The molecule has 5 heteroatoms. The number of anilines is 1. The maximum Gasteiger partial charge on any atom is 0.238 e. The van der Waals surface area contributed by atoms with Crippen LogP contribution in [0.3, 0.4) is 0 Å². The third-order valence-corrected chi connectivity index (χ3v) is 2.45. The molecule has 0 aliphatic carbocycles. The van der Waals surface area contributed by atoms with Gasteiger partial charge in [0, 0.05) is 11.7 Å². The summed E-state index contributed by atoms with van der Waals surface area (Å²) in [5.74, 6) is -0.280. The number of nitrogens with one attached hydrogen (secondary N) is 3. The van der Waals surface area contributed by atoms with Gasteiger partial charge in [-0.3, -0.25) is 14.9 Å². The Morgan fingerprint density at radius 1 is 1.11 bits per heavy atom. The molecule has 0 saturated heterocycles. The molecular weight excluding hydrogens is 242 g/mol. The van der Waals surface area contributed by atoms with Gasteiger partial charge in [0.05, 0.1) is 12.6 Å². The average molecular weight is 263 g/mol. The minimum Gasteiger partial charge on any atom is -0.353 e. The summed E-state index contributed by atoms with van der Waals surface area (Å²) >= 11 is 0. The molecule has 0 heterocycles. The topological polar surface area (TPSA) is 70.2 Å². The summed E-state index contributed by atoms with van der Waals surface area (Å²) in [7, 11) is 0. The summed E-state index contributed by atoms with van der Waals surface area (Å²) in [5.41, 5.74) is 0.744. The first-order chi connectivity index (χ1) is 8.99. The Bertz CT molecular complexity index is 418. The van der Waals surface area contributed by atoms with Crippen molar-refractivity contribution in [3.63, 3.8) is 0 Å². The van der Waals surface area contributed by atoms with Crippen LogP contribution in [0, 0.1) is 0 Å². The fourth-order valence-corrected chi connectivity index (χ4v) is 1.47. The van der Waals surface area contributed by atoms with Crippen molar-refractivity contribution in [3.05, 3.63) is 30.3 Å². The number of rotatable bonds is 6. The van der Waals surface area contributed by atoms with Gasteiger partial charge in [-0.05, 0) is 32.9 Å². The molecule has 1 aromatic rings. The molecule has 1 aromatic carbocycles. The normalized spacial score (nSPS) is 12.0. The molecule has 0 aliphatic rings. The lowest BCUT2D eigenvalue weighted by Crippen LogP contribution is -2.46. The van der Waals surface area contributed by atoms with Crippen molar-refractivity contribution in [3.8, 4) is 0 Å². The smallest absolute Gasteiger partial charge is 0.238 e. The molecule has 3 N–H and O–H groups in total. The van der Waals surface area contributed by atoms with Gasteiger partial charge < -0.3 is 10.6 Å². The second kappa shape index (κ2) is 7.53. The highest BCUT2D eigenvalue weighted by Crippen LogP contribution is 2.03. The molecule has 1 unspecified atom stereocenters. The first-order valence-corrected chi connectivity index (χ1v) is 6.37. The standard InChI is InChI=1S/C14H21N3O2/c1-10(2)16-14(19)11(3)15-9-13(18)17-12-7-5-4-6-8-12/h4-8,10-11,15H,9H2,1-3H3,(H,16,19)(H,17,18). The fraction of sp³-hybridized carbons (Fsp3) is 0.429. The zero-order chi connectivity index (χ0) is 14.3. The molecule has 5 nitrogen and oxygen atoms in total. The summed E-state index contributed by atoms with van der Waals surface area (Å²) in [6, 6.07) is 8.90. The quantitative estimate of drug-likeness (QED) is 0.720. The molecule has 0 aliphatic heterocycles. The predicted octanol–water partition coefficient (Wildman–Crippen LogP) is 1.13. The van der Waals surface area contributed by atoms with E-state index in [1.165, 1.54) is 0 Å². The van der Waals surface area contributed by atoms with Crippen LogP contribution >= 0.6 is 0 Å². The molecule has 0 fully saturated rings. The fourth-order valence-electron chi connectivity index (χ4n) is 1.47. The predicted molar refractivity (Wildman–Crippen MR) is 75.8 cm³/mol. The largest absolute Gasteiger partial charge is 0.353 e. The Kier molecular flexibility index (Phi) is 6.02. The minimum absolute atomic E-state index is 0.0925. The van der Waals surface area contributed by atoms with Crippen LogP contribution in [-0.2, 0) is 9.59 Å². The van der Waals surface area contributed by atoms with Crippen LogP contribution in [0.5, 0.6) is 0 Å². The van der Waals surface area contributed by atoms with Crippen LogP contribution < -0.4 is 16.0 Å². The summed E-state index contributed by atoms with van der Waals surface area (Å²) < 4.78 is 0. The van der Waals surface area contributed by atoms with Gasteiger partial charge in [-0.1, -0.05) is 18.2 Å². The van der Waals surface area contributed by atoms with Gasteiger partial charge in [0.25, 0.3) is 0 Å². The number of benzene rings is 1. The molecule has 0 radical (unpaired) electrons. The van der Waals surface area contributed by atoms with Gasteiger partial charge in [-0.15, -0.1) is 0 Å². The summed E-state index contributed by atoms with van der Waals surface area (Å²) in [6.45, 7) is 5.62. The number of hydrogen-bond acceptors (Lipinski definition) is 3. The maximum atomic E-state index is 11.7. The van der Waals surface area contributed by atoms with Crippen molar-refractivity contribution < 1.29 is 9.59 Å². The molecule has 0 aromatic heterocycles. The first-order valence-electron chi connectivity index (χ1n) is 6.37. The van der Waals surface area contributed by atoms with E-state index in [0.717, 1.165) is 5.69 Å². The zero-order valence-corrected chi connectivity index (χ0v) is 11.6. The number of carbonyl (C=O) groups is 2.